The monoisotopic (exact) mass is 481 g/mol. The van der Waals surface area contributed by atoms with E-state index in [2.05, 4.69) is 0 Å². The summed E-state index contributed by atoms with van der Waals surface area (Å²) in [5, 5.41) is 6.19. The second-order valence-electron chi connectivity index (χ2n) is 8.65. The maximum Gasteiger partial charge on any atom is 0.262 e. The van der Waals surface area contributed by atoms with E-state index in [0.717, 1.165) is 24.0 Å². The molecule has 9 nitrogen and oxygen atoms in total. The molecule has 1 atom stereocenters. The molecule has 0 unspecified atom stereocenters. The molecule has 35 heavy (non-hydrogen) atoms. The Kier molecular flexibility index (Phi) is 7.14. The van der Waals surface area contributed by atoms with E-state index in [1.807, 2.05) is 30.3 Å². The lowest BCUT2D eigenvalue weighted by molar-refractivity contribution is -0.141. The van der Waals surface area contributed by atoms with Gasteiger partial charge in [0, 0.05) is 31.0 Å². The van der Waals surface area contributed by atoms with Crippen LogP contribution in [0.5, 0.6) is 23.0 Å². The fourth-order valence-electron chi connectivity index (χ4n) is 4.25. The number of nitrogens with zero attached hydrogens (tertiary/aromatic N) is 3. The number of carbonyl (C=O) groups excluding carboxylic acids is 2. The standard InChI is InChI=1S/C26H31N3O6/c1-28(26(31)16-6-7-16)15-25(30)29-21(17-8-11-22(33-3)24(12-17)35-5)14-20(27-29)19-10-9-18(32-2)13-23(19)34-4/h8-13,16,21H,6-7,14-15H2,1-5H3/t21-/m0/s1. The van der Waals surface area contributed by atoms with Crippen LogP contribution in [-0.4, -0.2) is 69.5 Å². The van der Waals surface area contributed by atoms with Gasteiger partial charge in [0.25, 0.3) is 5.91 Å². The minimum absolute atomic E-state index is 0.00115. The molecular formula is C26H31N3O6. The molecule has 4 rings (SSSR count). The number of carbonyl (C=O) groups is 2. The van der Waals surface area contributed by atoms with Crippen LogP contribution in [0.15, 0.2) is 41.5 Å². The average molecular weight is 482 g/mol. The smallest absolute Gasteiger partial charge is 0.262 e. The third-order valence-corrected chi connectivity index (χ3v) is 6.35. The van der Waals surface area contributed by atoms with Crippen LogP contribution >= 0.6 is 0 Å². The number of benzene rings is 2. The first-order valence-electron chi connectivity index (χ1n) is 11.5. The molecule has 0 saturated heterocycles. The second kappa shape index (κ2) is 10.2. The highest BCUT2D eigenvalue weighted by molar-refractivity contribution is 6.05. The van der Waals surface area contributed by atoms with Crippen molar-refractivity contribution >= 4 is 17.5 Å². The Bertz CT molecular complexity index is 1140. The van der Waals surface area contributed by atoms with Gasteiger partial charge >= 0.3 is 0 Å². The van der Waals surface area contributed by atoms with Gasteiger partial charge in [-0.2, -0.15) is 5.10 Å². The van der Waals surface area contributed by atoms with Crippen molar-refractivity contribution < 1.29 is 28.5 Å². The average Bonchev–Trinajstić information content (AvgIpc) is 3.65. The normalized spacial score (nSPS) is 17.0. The Labute approximate surface area is 205 Å². The lowest BCUT2D eigenvalue weighted by Gasteiger charge is -2.25. The molecule has 0 aromatic heterocycles. The molecule has 186 valence electrons. The first-order chi connectivity index (χ1) is 16.9. The van der Waals surface area contributed by atoms with Crippen LogP contribution in [0.2, 0.25) is 0 Å². The number of likely N-dealkylation sites (N-methyl/N-ethyl adjacent to an activating group) is 1. The van der Waals surface area contributed by atoms with Crippen molar-refractivity contribution in [3.63, 3.8) is 0 Å². The zero-order valence-corrected chi connectivity index (χ0v) is 20.7. The van der Waals surface area contributed by atoms with Gasteiger partial charge < -0.3 is 23.8 Å². The third-order valence-electron chi connectivity index (χ3n) is 6.35. The SMILES string of the molecule is COc1ccc(C2=NN(C(=O)CN(C)C(=O)C3CC3)[C@H](c3ccc(OC)c(OC)c3)C2)c(OC)c1. The fourth-order valence-corrected chi connectivity index (χ4v) is 4.25. The van der Waals surface area contributed by atoms with E-state index in [1.54, 1.807) is 41.6 Å². The van der Waals surface area contributed by atoms with E-state index in [-0.39, 0.29) is 30.3 Å². The number of amides is 2. The van der Waals surface area contributed by atoms with Crippen molar-refractivity contribution in [1.29, 1.82) is 0 Å². The lowest BCUT2D eigenvalue weighted by Crippen LogP contribution is -2.39. The summed E-state index contributed by atoms with van der Waals surface area (Å²) in [6.45, 7) is -0.0460. The van der Waals surface area contributed by atoms with Gasteiger partial charge in [0.15, 0.2) is 11.5 Å². The largest absolute Gasteiger partial charge is 0.497 e. The summed E-state index contributed by atoms with van der Waals surface area (Å²) in [7, 11) is 7.99. The predicted octanol–water partition coefficient (Wildman–Crippen LogP) is 3.27. The van der Waals surface area contributed by atoms with Crippen molar-refractivity contribution in [2.45, 2.75) is 25.3 Å². The summed E-state index contributed by atoms with van der Waals surface area (Å²) in [4.78, 5) is 27.4. The quantitative estimate of drug-likeness (QED) is 0.546. The highest BCUT2D eigenvalue weighted by Gasteiger charge is 2.37. The van der Waals surface area contributed by atoms with Crippen molar-refractivity contribution in [3.8, 4) is 23.0 Å². The highest BCUT2D eigenvalue weighted by Crippen LogP contribution is 2.39. The topological polar surface area (TPSA) is 89.9 Å². The summed E-state index contributed by atoms with van der Waals surface area (Å²) in [5.74, 6) is 2.20. The van der Waals surface area contributed by atoms with E-state index < -0.39 is 0 Å². The van der Waals surface area contributed by atoms with Gasteiger partial charge in [0.05, 0.1) is 40.2 Å². The van der Waals surface area contributed by atoms with E-state index in [9.17, 15) is 9.59 Å². The summed E-state index contributed by atoms with van der Waals surface area (Å²) in [6, 6.07) is 10.7. The Balaban J connectivity index is 1.68. The molecule has 1 aliphatic heterocycles. The van der Waals surface area contributed by atoms with E-state index in [4.69, 9.17) is 24.0 Å². The molecule has 2 aromatic rings. The summed E-state index contributed by atoms with van der Waals surface area (Å²) in [6.07, 6.45) is 2.23. The summed E-state index contributed by atoms with van der Waals surface area (Å²) < 4.78 is 21.7. The van der Waals surface area contributed by atoms with Crippen LogP contribution in [0, 0.1) is 5.92 Å². The first-order valence-corrected chi connectivity index (χ1v) is 11.5. The van der Waals surface area contributed by atoms with Crippen LogP contribution in [0.4, 0.5) is 0 Å². The van der Waals surface area contributed by atoms with Crippen LogP contribution < -0.4 is 18.9 Å². The van der Waals surface area contributed by atoms with Gasteiger partial charge in [0.2, 0.25) is 5.91 Å². The molecule has 1 aliphatic carbocycles. The zero-order valence-electron chi connectivity index (χ0n) is 20.7. The molecular weight excluding hydrogens is 450 g/mol. The molecule has 2 aromatic carbocycles. The number of ether oxygens (including phenoxy) is 4. The number of hydrogen-bond acceptors (Lipinski definition) is 7. The van der Waals surface area contributed by atoms with E-state index in [0.29, 0.717) is 35.1 Å². The van der Waals surface area contributed by atoms with E-state index in [1.165, 1.54) is 9.91 Å². The molecule has 1 fully saturated rings. The Hall–Kier alpha value is -3.75. The van der Waals surface area contributed by atoms with Crippen LogP contribution in [0.3, 0.4) is 0 Å². The molecule has 1 saturated carbocycles. The lowest BCUT2D eigenvalue weighted by atomic mass is 9.97. The molecule has 1 heterocycles. The van der Waals surface area contributed by atoms with Gasteiger partial charge in [-0.05, 0) is 42.7 Å². The third kappa shape index (κ3) is 5.03. The Morgan fingerprint density at radius 3 is 2.29 bits per heavy atom. The maximum absolute atomic E-state index is 13.4. The van der Waals surface area contributed by atoms with Crippen LogP contribution in [-0.2, 0) is 9.59 Å². The molecule has 0 radical (unpaired) electrons. The molecule has 0 N–H and O–H groups in total. The van der Waals surface area contributed by atoms with Crippen LogP contribution in [0.25, 0.3) is 0 Å². The Morgan fingerprint density at radius 1 is 0.943 bits per heavy atom. The van der Waals surface area contributed by atoms with Crippen molar-refractivity contribution in [2.24, 2.45) is 11.0 Å². The summed E-state index contributed by atoms with van der Waals surface area (Å²) >= 11 is 0. The molecule has 0 bridgehead atoms. The van der Waals surface area contributed by atoms with E-state index >= 15 is 0 Å². The van der Waals surface area contributed by atoms with Gasteiger partial charge in [-0.25, -0.2) is 5.01 Å². The second-order valence-corrected chi connectivity index (χ2v) is 8.65. The first kappa shape index (κ1) is 24.4. The number of hydrazone groups is 1. The van der Waals surface area contributed by atoms with Crippen molar-refractivity contribution in [3.05, 3.63) is 47.5 Å². The minimum Gasteiger partial charge on any atom is -0.497 e. The Morgan fingerprint density at radius 2 is 1.66 bits per heavy atom. The van der Waals surface area contributed by atoms with Gasteiger partial charge in [0.1, 0.15) is 18.0 Å². The molecule has 2 aliphatic rings. The van der Waals surface area contributed by atoms with Crippen molar-refractivity contribution in [2.75, 3.05) is 42.0 Å². The van der Waals surface area contributed by atoms with Gasteiger partial charge in [-0.3, -0.25) is 9.59 Å². The van der Waals surface area contributed by atoms with Gasteiger partial charge in [-0.1, -0.05) is 6.07 Å². The van der Waals surface area contributed by atoms with Crippen molar-refractivity contribution in [1.82, 2.24) is 9.91 Å². The maximum atomic E-state index is 13.4. The number of methoxy groups -OCH3 is 4. The number of hydrogen-bond donors (Lipinski definition) is 0. The van der Waals surface area contributed by atoms with Crippen LogP contribution in [0.1, 0.15) is 36.4 Å². The minimum atomic E-state index is -0.381. The number of rotatable bonds is 9. The predicted molar refractivity (Wildman–Crippen MR) is 130 cm³/mol. The fraction of sp³-hybridized carbons (Fsp3) is 0.423. The van der Waals surface area contributed by atoms with Gasteiger partial charge in [-0.15, -0.1) is 0 Å². The summed E-state index contributed by atoms with van der Waals surface area (Å²) in [5.41, 5.74) is 2.32. The highest BCUT2D eigenvalue weighted by atomic mass is 16.5. The molecule has 2 amide bonds. The zero-order chi connectivity index (χ0) is 25.1. The molecule has 9 heteroatoms. The molecule has 0 spiro atoms.